The summed E-state index contributed by atoms with van der Waals surface area (Å²) in [5.74, 6) is -2.71. The highest BCUT2D eigenvalue weighted by molar-refractivity contribution is 6.74. The first-order valence-corrected chi connectivity index (χ1v) is 10.6. The molecule has 0 saturated carbocycles. The van der Waals surface area contributed by atoms with Crippen LogP contribution in [0.3, 0.4) is 0 Å². The van der Waals surface area contributed by atoms with Crippen molar-refractivity contribution in [3.63, 3.8) is 0 Å². The van der Waals surface area contributed by atoms with Crippen LogP contribution in [0.2, 0.25) is 18.1 Å². The largest absolute Gasteiger partial charge is 0.481 e. The van der Waals surface area contributed by atoms with E-state index in [9.17, 15) is 19.1 Å². The number of β-lactam (4-membered cyclic amide) rings is 1. The Morgan fingerprint density at radius 1 is 1.45 bits per heavy atom. The first kappa shape index (κ1) is 19.1. The molecule has 1 saturated heterocycles. The molecular weight excluding hydrogens is 305 g/mol. The van der Waals surface area contributed by atoms with Crippen molar-refractivity contribution in [2.45, 2.75) is 64.4 Å². The van der Waals surface area contributed by atoms with Crippen LogP contribution in [0.25, 0.3) is 0 Å². The Bertz CT molecular complexity index is 436. The predicted octanol–water partition coefficient (Wildman–Crippen LogP) is 2.57. The maximum Gasteiger partial charge on any atom is 0.308 e. The van der Waals surface area contributed by atoms with Crippen molar-refractivity contribution in [2.75, 3.05) is 6.67 Å². The molecule has 0 aromatic carbocycles. The molecule has 5 nitrogen and oxygen atoms in total. The third kappa shape index (κ3) is 3.87. The molecule has 4 atom stereocenters. The topological polar surface area (TPSA) is 75.6 Å². The summed E-state index contributed by atoms with van der Waals surface area (Å²) < 4.78 is 18.8. The number of carbonyl (C=O) groups is 2. The van der Waals surface area contributed by atoms with E-state index in [0.717, 1.165) is 0 Å². The molecule has 1 heterocycles. The smallest absolute Gasteiger partial charge is 0.308 e. The van der Waals surface area contributed by atoms with Crippen molar-refractivity contribution in [3.05, 3.63) is 0 Å². The number of hydrogen-bond acceptors (Lipinski definition) is 3. The highest BCUT2D eigenvalue weighted by atomic mass is 28.4. The maximum atomic E-state index is 12.6. The Hall–Kier alpha value is -0.953. The van der Waals surface area contributed by atoms with Crippen molar-refractivity contribution in [1.82, 2.24) is 5.32 Å². The van der Waals surface area contributed by atoms with Gasteiger partial charge in [0.25, 0.3) is 0 Å². The van der Waals surface area contributed by atoms with Gasteiger partial charge in [-0.05, 0) is 31.5 Å². The molecule has 128 valence electrons. The van der Waals surface area contributed by atoms with Crippen LogP contribution in [-0.4, -0.2) is 44.1 Å². The minimum atomic E-state index is -2.05. The molecule has 1 aliphatic heterocycles. The lowest BCUT2D eigenvalue weighted by Crippen LogP contribution is -2.67. The van der Waals surface area contributed by atoms with Crippen molar-refractivity contribution >= 4 is 20.2 Å². The fourth-order valence-corrected chi connectivity index (χ4v) is 3.99. The summed E-state index contributed by atoms with van der Waals surface area (Å²) in [7, 11) is -2.05. The quantitative estimate of drug-likeness (QED) is 0.554. The summed E-state index contributed by atoms with van der Waals surface area (Å²) in [5, 5.41) is 11.9. The monoisotopic (exact) mass is 333 g/mol. The van der Waals surface area contributed by atoms with Gasteiger partial charge in [-0.1, -0.05) is 20.8 Å². The van der Waals surface area contributed by atoms with E-state index in [1.807, 2.05) is 6.92 Å². The summed E-state index contributed by atoms with van der Waals surface area (Å²) in [6.45, 7) is 11.6. The first-order chi connectivity index (χ1) is 9.92. The van der Waals surface area contributed by atoms with Gasteiger partial charge in [-0.2, -0.15) is 0 Å². The minimum Gasteiger partial charge on any atom is -0.481 e. The minimum absolute atomic E-state index is 0.00210. The molecular formula is C15H28FNO4Si. The lowest BCUT2D eigenvalue weighted by molar-refractivity contribution is -0.152. The first-order valence-electron chi connectivity index (χ1n) is 7.69. The molecule has 22 heavy (non-hydrogen) atoms. The number of alkyl halides is 1. The molecule has 7 heteroatoms. The second-order valence-electron chi connectivity index (χ2n) is 7.57. The summed E-state index contributed by atoms with van der Waals surface area (Å²) in [6, 6.07) is -0.555. The third-order valence-electron chi connectivity index (χ3n) is 4.96. The molecule has 0 aliphatic carbocycles. The zero-order chi connectivity index (χ0) is 17.3. The lowest BCUT2D eigenvalue weighted by atomic mass is 9.77. The van der Waals surface area contributed by atoms with Crippen LogP contribution in [0.1, 0.15) is 34.1 Å². The number of aliphatic carboxylic acids is 1. The van der Waals surface area contributed by atoms with Crippen LogP contribution in [0.15, 0.2) is 0 Å². The van der Waals surface area contributed by atoms with Gasteiger partial charge >= 0.3 is 5.97 Å². The zero-order valence-electron chi connectivity index (χ0n) is 14.3. The Morgan fingerprint density at radius 3 is 2.36 bits per heavy atom. The third-order valence-corrected chi connectivity index (χ3v) is 9.54. The van der Waals surface area contributed by atoms with E-state index >= 15 is 0 Å². The lowest BCUT2D eigenvalue weighted by Gasteiger charge is -2.46. The average molecular weight is 333 g/mol. The van der Waals surface area contributed by atoms with E-state index in [4.69, 9.17) is 4.43 Å². The number of hydrogen-bond donors (Lipinski definition) is 2. The van der Waals surface area contributed by atoms with Crippen LogP contribution in [-0.2, 0) is 14.0 Å². The Kier molecular flexibility index (Phi) is 5.78. The molecule has 0 bridgehead atoms. The zero-order valence-corrected chi connectivity index (χ0v) is 15.3. The van der Waals surface area contributed by atoms with Gasteiger partial charge < -0.3 is 14.8 Å². The van der Waals surface area contributed by atoms with Gasteiger partial charge in [-0.25, -0.2) is 0 Å². The standard InChI is InChI=1S/C15H28FNO4Si/c1-9(21-22(5,6)15(2,3)4)11-12(17-13(11)18)10(7-8-16)14(19)20/h9-12H,7-8H2,1-6H3,(H,17,18)(H,19,20)/t9-,10-,11-,12-/m1/s1. The van der Waals surface area contributed by atoms with E-state index in [0.29, 0.717) is 0 Å². The fourth-order valence-electron chi connectivity index (χ4n) is 2.56. The van der Waals surface area contributed by atoms with Gasteiger partial charge in [-0.15, -0.1) is 0 Å². The summed E-state index contributed by atoms with van der Waals surface area (Å²) >= 11 is 0. The van der Waals surface area contributed by atoms with Crippen molar-refractivity contribution < 1.29 is 23.5 Å². The number of nitrogens with one attached hydrogen (secondary N) is 1. The molecule has 1 aliphatic rings. The fraction of sp³-hybridized carbons (Fsp3) is 0.867. The molecule has 0 radical (unpaired) electrons. The molecule has 1 amide bonds. The summed E-state index contributed by atoms with van der Waals surface area (Å²) in [5.41, 5.74) is 0. The molecule has 0 aromatic heterocycles. The highest BCUT2D eigenvalue weighted by Gasteiger charge is 2.51. The number of rotatable bonds is 7. The number of carboxylic acid groups (broad SMARTS) is 1. The van der Waals surface area contributed by atoms with Gasteiger partial charge in [0.2, 0.25) is 5.91 Å². The molecule has 0 spiro atoms. The molecule has 1 rings (SSSR count). The van der Waals surface area contributed by atoms with E-state index in [2.05, 4.69) is 39.2 Å². The number of amides is 1. The van der Waals surface area contributed by atoms with E-state index < -0.39 is 38.8 Å². The van der Waals surface area contributed by atoms with Crippen molar-refractivity contribution in [3.8, 4) is 0 Å². The van der Waals surface area contributed by atoms with Crippen molar-refractivity contribution in [2.24, 2.45) is 11.8 Å². The number of halogens is 1. The molecule has 2 N–H and O–H groups in total. The average Bonchev–Trinajstić information content (AvgIpc) is 2.30. The van der Waals surface area contributed by atoms with Crippen LogP contribution in [0.4, 0.5) is 4.39 Å². The van der Waals surface area contributed by atoms with E-state index in [1.165, 1.54) is 0 Å². The Labute approximate surface area is 132 Å². The van der Waals surface area contributed by atoms with Gasteiger partial charge in [0.15, 0.2) is 8.32 Å². The second-order valence-corrected chi connectivity index (χ2v) is 12.3. The van der Waals surface area contributed by atoms with E-state index in [1.54, 1.807) is 0 Å². The Morgan fingerprint density at radius 2 is 2.00 bits per heavy atom. The normalized spacial score (nSPS) is 25.1. The second kappa shape index (κ2) is 6.66. The number of carbonyl (C=O) groups excluding carboxylic acids is 1. The van der Waals surface area contributed by atoms with Crippen LogP contribution >= 0.6 is 0 Å². The summed E-state index contributed by atoms with van der Waals surface area (Å²) in [4.78, 5) is 23.2. The van der Waals surface area contributed by atoms with Crippen LogP contribution < -0.4 is 5.32 Å². The highest BCUT2D eigenvalue weighted by Crippen LogP contribution is 2.39. The van der Waals surface area contributed by atoms with Crippen LogP contribution in [0, 0.1) is 11.8 Å². The predicted molar refractivity (Wildman–Crippen MR) is 84.9 cm³/mol. The number of carboxylic acids is 1. The SMILES string of the molecule is C[C@@H](O[Si](C)(C)C(C)(C)C)[C@H]1C(=O)N[C@@H]1[C@@H](CCF)C(=O)O. The summed E-state index contributed by atoms with van der Waals surface area (Å²) in [6.07, 6.45) is -0.468. The van der Waals surface area contributed by atoms with Gasteiger partial charge in [0.05, 0.1) is 30.7 Å². The molecule has 0 unspecified atom stereocenters. The van der Waals surface area contributed by atoms with Crippen molar-refractivity contribution in [1.29, 1.82) is 0 Å². The van der Waals surface area contributed by atoms with Gasteiger partial charge in [0.1, 0.15) is 0 Å². The molecule has 0 aromatic rings. The maximum absolute atomic E-state index is 12.6. The van der Waals surface area contributed by atoms with Gasteiger partial charge in [-0.3, -0.25) is 14.0 Å². The Balaban J connectivity index is 2.85. The molecule has 1 fully saturated rings. The van der Waals surface area contributed by atoms with Gasteiger partial charge in [0, 0.05) is 0 Å². The van der Waals surface area contributed by atoms with E-state index in [-0.39, 0.29) is 23.5 Å². The van der Waals surface area contributed by atoms with Crippen LogP contribution in [0.5, 0.6) is 0 Å².